The summed E-state index contributed by atoms with van der Waals surface area (Å²) >= 11 is 7.38. The number of hydrogen-bond donors (Lipinski definition) is 1. The number of halogens is 1. The Morgan fingerprint density at radius 3 is 2.62 bits per heavy atom. The Bertz CT molecular complexity index is 346. The Kier molecular flexibility index (Phi) is 1.89. The highest BCUT2D eigenvalue weighted by molar-refractivity contribution is 7.12. The number of aliphatic carboxylic acids is 1. The number of thiophene rings is 1. The first-order valence-corrected chi connectivity index (χ1v) is 5.25. The number of aryl methyl sites for hydroxylation is 1. The molecule has 0 unspecified atom stereocenters. The molecular weight excluding hydrogens is 208 g/mol. The van der Waals surface area contributed by atoms with Crippen molar-refractivity contribution in [2.75, 3.05) is 0 Å². The van der Waals surface area contributed by atoms with Crippen molar-refractivity contribution in [2.24, 2.45) is 0 Å². The van der Waals surface area contributed by atoms with Crippen LogP contribution >= 0.6 is 22.9 Å². The molecule has 0 spiro atoms. The minimum absolute atomic E-state index is 0.595. The smallest absolute Gasteiger partial charge is 0.314 e. The van der Waals surface area contributed by atoms with Crippen molar-refractivity contribution in [1.29, 1.82) is 0 Å². The third-order valence-corrected chi connectivity index (χ3v) is 4.25. The Balaban J connectivity index is 2.41. The molecule has 2 rings (SSSR count). The van der Waals surface area contributed by atoms with E-state index in [9.17, 15) is 4.79 Å². The summed E-state index contributed by atoms with van der Waals surface area (Å²) in [4.78, 5) is 12.9. The summed E-state index contributed by atoms with van der Waals surface area (Å²) in [6, 6.07) is 1.79. The zero-order valence-electron chi connectivity index (χ0n) is 7.13. The van der Waals surface area contributed by atoms with Crippen LogP contribution in [-0.2, 0) is 10.2 Å². The summed E-state index contributed by atoms with van der Waals surface area (Å²) in [5.41, 5.74) is -0.595. The molecule has 70 valence electrons. The van der Waals surface area contributed by atoms with E-state index in [0.29, 0.717) is 5.02 Å². The van der Waals surface area contributed by atoms with Gasteiger partial charge in [0.1, 0.15) is 5.41 Å². The molecule has 0 atom stereocenters. The van der Waals surface area contributed by atoms with Gasteiger partial charge in [-0.15, -0.1) is 11.3 Å². The molecule has 0 amide bonds. The molecule has 0 radical (unpaired) electrons. The minimum atomic E-state index is -0.717. The third-order valence-electron chi connectivity index (χ3n) is 2.49. The fraction of sp³-hybridized carbons (Fsp3) is 0.444. The van der Waals surface area contributed by atoms with Gasteiger partial charge in [-0.1, -0.05) is 11.6 Å². The maximum absolute atomic E-state index is 11.0. The van der Waals surface area contributed by atoms with Crippen LogP contribution in [0.5, 0.6) is 0 Å². The van der Waals surface area contributed by atoms with Crippen LogP contribution in [0.4, 0.5) is 0 Å². The molecule has 1 heterocycles. The zero-order valence-corrected chi connectivity index (χ0v) is 8.71. The molecule has 1 aromatic heterocycles. The van der Waals surface area contributed by atoms with Crippen LogP contribution in [0.2, 0.25) is 5.02 Å². The fourth-order valence-electron chi connectivity index (χ4n) is 1.39. The van der Waals surface area contributed by atoms with E-state index in [-0.39, 0.29) is 0 Å². The highest BCUT2D eigenvalue weighted by atomic mass is 35.5. The van der Waals surface area contributed by atoms with E-state index in [1.54, 1.807) is 6.07 Å². The van der Waals surface area contributed by atoms with Crippen LogP contribution in [0.15, 0.2) is 6.07 Å². The first-order chi connectivity index (χ1) is 6.06. The average Bonchev–Trinajstić information content (AvgIpc) is 2.77. The van der Waals surface area contributed by atoms with Crippen molar-refractivity contribution in [2.45, 2.75) is 25.2 Å². The maximum atomic E-state index is 11.0. The first kappa shape index (κ1) is 9.03. The van der Waals surface area contributed by atoms with Crippen LogP contribution in [-0.4, -0.2) is 11.1 Å². The van der Waals surface area contributed by atoms with Crippen molar-refractivity contribution < 1.29 is 9.90 Å². The molecule has 1 fully saturated rings. The summed E-state index contributed by atoms with van der Waals surface area (Å²) < 4.78 is 0. The van der Waals surface area contributed by atoms with Gasteiger partial charge in [0.25, 0.3) is 0 Å². The van der Waals surface area contributed by atoms with Crippen molar-refractivity contribution >= 4 is 28.9 Å². The van der Waals surface area contributed by atoms with E-state index in [4.69, 9.17) is 16.7 Å². The number of carboxylic acid groups (broad SMARTS) is 1. The lowest BCUT2D eigenvalue weighted by molar-refractivity contribution is -0.139. The average molecular weight is 217 g/mol. The van der Waals surface area contributed by atoms with Crippen LogP contribution < -0.4 is 0 Å². The molecule has 13 heavy (non-hydrogen) atoms. The van der Waals surface area contributed by atoms with Crippen molar-refractivity contribution in [3.8, 4) is 0 Å². The summed E-state index contributed by atoms with van der Waals surface area (Å²) in [5.74, 6) is -0.717. The van der Waals surface area contributed by atoms with E-state index >= 15 is 0 Å². The minimum Gasteiger partial charge on any atom is -0.481 e. The maximum Gasteiger partial charge on any atom is 0.314 e. The van der Waals surface area contributed by atoms with E-state index in [2.05, 4.69) is 0 Å². The molecular formula is C9H9ClO2S. The zero-order chi connectivity index (χ0) is 9.64. The summed E-state index contributed by atoms with van der Waals surface area (Å²) in [7, 11) is 0. The number of carbonyl (C=O) groups is 1. The Hall–Kier alpha value is -0.540. The second-order valence-corrected chi connectivity index (χ2v) is 5.07. The van der Waals surface area contributed by atoms with Gasteiger partial charge in [0, 0.05) is 9.75 Å². The van der Waals surface area contributed by atoms with E-state index in [1.807, 2.05) is 6.92 Å². The SMILES string of the molecule is Cc1sc(C2(C(=O)O)CC2)cc1Cl. The second-order valence-electron chi connectivity index (χ2n) is 3.40. The van der Waals surface area contributed by atoms with Crippen molar-refractivity contribution in [3.05, 3.63) is 20.8 Å². The summed E-state index contributed by atoms with van der Waals surface area (Å²) in [6.07, 6.45) is 1.50. The number of rotatable bonds is 2. The lowest BCUT2D eigenvalue weighted by Gasteiger charge is -2.04. The normalized spacial score (nSPS) is 18.6. The van der Waals surface area contributed by atoms with Crippen molar-refractivity contribution in [1.82, 2.24) is 0 Å². The van der Waals surface area contributed by atoms with E-state index < -0.39 is 11.4 Å². The molecule has 4 heteroatoms. The van der Waals surface area contributed by atoms with Crippen molar-refractivity contribution in [3.63, 3.8) is 0 Å². The van der Waals surface area contributed by atoms with Gasteiger partial charge in [0.05, 0.1) is 5.02 Å². The molecule has 1 saturated carbocycles. The fourth-order valence-corrected chi connectivity index (χ4v) is 2.83. The first-order valence-electron chi connectivity index (χ1n) is 4.06. The Morgan fingerprint density at radius 2 is 2.31 bits per heavy atom. The van der Waals surface area contributed by atoms with E-state index in [1.165, 1.54) is 11.3 Å². The van der Waals surface area contributed by atoms with Gasteiger partial charge in [-0.25, -0.2) is 0 Å². The molecule has 2 nitrogen and oxygen atoms in total. The lowest BCUT2D eigenvalue weighted by Crippen LogP contribution is -2.17. The highest BCUT2D eigenvalue weighted by Gasteiger charge is 2.53. The van der Waals surface area contributed by atoms with Crippen LogP contribution in [0.25, 0.3) is 0 Å². The predicted molar refractivity (Wildman–Crippen MR) is 52.6 cm³/mol. The molecule has 0 aromatic carbocycles. The number of carboxylic acids is 1. The van der Waals surface area contributed by atoms with Gasteiger partial charge in [-0.05, 0) is 25.8 Å². The molecule has 1 N–H and O–H groups in total. The third kappa shape index (κ3) is 1.27. The Morgan fingerprint density at radius 1 is 1.69 bits per heavy atom. The van der Waals surface area contributed by atoms with Crippen LogP contribution in [0, 0.1) is 6.92 Å². The number of hydrogen-bond acceptors (Lipinski definition) is 2. The second kappa shape index (κ2) is 2.72. The molecule has 1 aliphatic rings. The molecule has 1 aliphatic carbocycles. The monoisotopic (exact) mass is 216 g/mol. The van der Waals surface area contributed by atoms with Crippen LogP contribution in [0.1, 0.15) is 22.6 Å². The molecule has 1 aromatic rings. The van der Waals surface area contributed by atoms with Crippen LogP contribution in [0.3, 0.4) is 0 Å². The van der Waals surface area contributed by atoms with Gasteiger partial charge in [0.15, 0.2) is 0 Å². The molecule has 0 saturated heterocycles. The van der Waals surface area contributed by atoms with Gasteiger partial charge < -0.3 is 5.11 Å². The molecule has 0 bridgehead atoms. The largest absolute Gasteiger partial charge is 0.481 e. The van der Waals surface area contributed by atoms with Gasteiger partial charge in [-0.3, -0.25) is 4.79 Å². The van der Waals surface area contributed by atoms with E-state index in [0.717, 1.165) is 22.6 Å². The van der Waals surface area contributed by atoms with Gasteiger partial charge in [-0.2, -0.15) is 0 Å². The quantitative estimate of drug-likeness (QED) is 0.826. The highest BCUT2D eigenvalue weighted by Crippen LogP contribution is 2.51. The lowest BCUT2D eigenvalue weighted by atomic mass is 10.1. The molecule has 0 aliphatic heterocycles. The summed E-state index contributed by atoms with van der Waals surface area (Å²) in [5, 5.41) is 9.71. The van der Waals surface area contributed by atoms with Gasteiger partial charge >= 0.3 is 5.97 Å². The Labute approximate surface area is 85.1 Å². The summed E-state index contributed by atoms with van der Waals surface area (Å²) in [6.45, 7) is 1.91. The standard InChI is InChI=1S/C9H9ClO2S/c1-5-6(10)4-7(13-5)9(2-3-9)8(11)12/h4H,2-3H2,1H3,(H,11,12). The van der Waals surface area contributed by atoms with Gasteiger partial charge in [0.2, 0.25) is 0 Å². The topological polar surface area (TPSA) is 37.3 Å². The predicted octanol–water partition coefficient (Wildman–Crippen LogP) is 2.83.